The molecule has 1 aliphatic rings. The van der Waals surface area contributed by atoms with Crippen LogP contribution in [-0.4, -0.2) is 15.0 Å². The molecule has 0 fully saturated rings. The topological polar surface area (TPSA) is 57.1 Å². The third-order valence-corrected chi connectivity index (χ3v) is 8.25. The highest BCUT2D eigenvalue weighted by molar-refractivity contribution is 7.25. The first-order chi connectivity index (χ1) is 19.7. The summed E-state index contributed by atoms with van der Waals surface area (Å²) in [5.74, 6) is 4.13. The molecule has 5 nitrogen and oxygen atoms in total. The maximum absolute atomic E-state index is 6.54. The van der Waals surface area contributed by atoms with E-state index in [9.17, 15) is 0 Å². The summed E-state index contributed by atoms with van der Waals surface area (Å²) in [4.78, 5) is 14.5. The number of thiophene rings is 1. The van der Waals surface area contributed by atoms with Gasteiger partial charge in [-0.05, 0) is 48.5 Å². The van der Waals surface area contributed by atoms with Gasteiger partial charge in [-0.2, -0.15) is 0 Å². The van der Waals surface area contributed by atoms with Crippen LogP contribution in [0.5, 0.6) is 23.0 Å². The van der Waals surface area contributed by atoms with Crippen LogP contribution in [0.3, 0.4) is 0 Å². The molecule has 0 N–H and O–H groups in total. The van der Waals surface area contributed by atoms with Crippen molar-refractivity contribution in [3.05, 3.63) is 114 Å². The molecule has 0 radical (unpaired) electrons. The van der Waals surface area contributed by atoms with Gasteiger partial charge in [0.15, 0.2) is 40.5 Å². The lowest BCUT2D eigenvalue weighted by atomic mass is 10.1. The molecule has 8 rings (SSSR count). The van der Waals surface area contributed by atoms with Crippen molar-refractivity contribution in [3.63, 3.8) is 0 Å². The van der Waals surface area contributed by atoms with Crippen molar-refractivity contribution in [2.45, 2.75) is 0 Å². The van der Waals surface area contributed by atoms with Gasteiger partial charge in [0.2, 0.25) is 0 Å². The number of halogens is 1. The zero-order valence-corrected chi connectivity index (χ0v) is 22.4. The van der Waals surface area contributed by atoms with Crippen LogP contribution < -0.4 is 9.47 Å². The third-order valence-electron chi connectivity index (χ3n) is 6.86. The lowest BCUT2D eigenvalue weighted by Gasteiger charge is -2.22. The fraction of sp³-hybridized carbons (Fsp3) is 0. The molecule has 7 heteroatoms. The van der Waals surface area contributed by atoms with Crippen LogP contribution in [0.15, 0.2) is 109 Å². The molecule has 0 bridgehead atoms. The number of benzene rings is 5. The minimum Gasteiger partial charge on any atom is -0.449 e. The number of para-hydroxylation sites is 1. The molecular formula is C33H18ClN3O2S. The number of hydrogen-bond donors (Lipinski definition) is 0. The number of rotatable bonds is 3. The molecule has 2 aromatic heterocycles. The van der Waals surface area contributed by atoms with Gasteiger partial charge in [0, 0.05) is 42.4 Å². The predicted molar refractivity (Wildman–Crippen MR) is 161 cm³/mol. The minimum absolute atomic E-state index is 0.491. The average molecular weight is 556 g/mol. The van der Waals surface area contributed by atoms with E-state index >= 15 is 0 Å². The molecule has 7 aromatic rings. The van der Waals surface area contributed by atoms with E-state index in [0.29, 0.717) is 45.5 Å². The standard InChI is InChI=1S/C33H18ClN3O2S/c34-21-15-13-20(14-16-21)32-35-31(19-7-2-1-3-8-19)36-33(37-32)23-10-6-11-25-30(23)39-27-18-29-24(17-26(27)38-25)22-9-4-5-12-28(22)40-29/h1-18H. The van der Waals surface area contributed by atoms with E-state index in [1.54, 1.807) is 11.3 Å². The van der Waals surface area contributed by atoms with E-state index in [1.165, 1.54) is 10.1 Å². The van der Waals surface area contributed by atoms with E-state index in [-0.39, 0.29) is 0 Å². The van der Waals surface area contributed by atoms with Crippen LogP contribution in [0.1, 0.15) is 0 Å². The highest BCUT2D eigenvalue weighted by Crippen LogP contribution is 2.51. The second kappa shape index (κ2) is 9.16. The van der Waals surface area contributed by atoms with E-state index in [1.807, 2.05) is 72.8 Å². The Balaban J connectivity index is 1.28. The van der Waals surface area contributed by atoms with Gasteiger partial charge in [0.1, 0.15) is 0 Å². The quantitative estimate of drug-likeness (QED) is 0.217. The maximum atomic E-state index is 6.54. The summed E-state index contributed by atoms with van der Waals surface area (Å²) >= 11 is 7.89. The van der Waals surface area contributed by atoms with Crippen molar-refractivity contribution >= 4 is 43.1 Å². The highest BCUT2D eigenvalue weighted by atomic mass is 35.5. The Kier molecular flexibility index (Phi) is 5.30. The van der Waals surface area contributed by atoms with Crippen molar-refractivity contribution in [3.8, 4) is 57.2 Å². The van der Waals surface area contributed by atoms with Crippen molar-refractivity contribution in [2.24, 2.45) is 0 Å². The predicted octanol–water partition coefficient (Wildman–Crippen LogP) is 9.79. The molecule has 1 aliphatic heterocycles. The molecule has 0 spiro atoms. The largest absolute Gasteiger partial charge is 0.449 e. The second-order valence-corrected chi connectivity index (χ2v) is 10.9. The van der Waals surface area contributed by atoms with Crippen molar-refractivity contribution < 1.29 is 9.47 Å². The highest BCUT2D eigenvalue weighted by Gasteiger charge is 2.26. The first-order valence-corrected chi connectivity index (χ1v) is 13.9. The second-order valence-electron chi connectivity index (χ2n) is 9.41. The number of nitrogens with zero attached hydrogens (tertiary/aromatic N) is 3. The summed E-state index contributed by atoms with van der Waals surface area (Å²) in [6, 6.07) is 35.6. The van der Waals surface area contributed by atoms with Crippen LogP contribution in [0, 0.1) is 0 Å². The average Bonchev–Trinajstić information content (AvgIpc) is 3.36. The normalized spacial score (nSPS) is 12.0. The summed E-state index contributed by atoms with van der Waals surface area (Å²) in [5, 5.41) is 3.01. The smallest absolute Gasteiger partial charge is 0.181 e. The first kappa shape index (κ1) is 23.1. The van der Waals surface area contributed by atoms with Gasteiger partial charge in [-0.25, -0.2) is 15.0 Å². The van der Waals surface area contributed by atoms with Gasteiger partial charge in [-0.15, -0.1) is 11.3 Å². The van der Waals surface area contributed by atoms with Crippen LogP contribution in [0.25, 0.3) is 54.3 Å². The SMILES string of the molecule is Clc1ccc(-c2nc(-c3ccccc3)nc(-c3cccc4c3Oc3cc5sc6ccccc6c5cc3O4)n2)cc1. The van der Waals surface area contributed by atoms with E-state index in [4.69, 9.17) is 36.0 Å². The number of aromatic nitrogens is 3. The van der Waals surface area contributed by atoms with Crippen molar-refractivity contribution in [1.82, 2.24) is 15.0 Å². The Bertz CT molecular complexity index is 2070. The Morgan fingerprint density at radius 3 is 2.05 bits per heavy atom. The van der Waals surface area contributed by atoms with Crippen LogP contribution in [-0.2, 0) is 0 Å². The summed E-state index contributed by atoms with van der Waals surface area (Å²) in [6.07, 6.45) is 0. The van der Waals surface area contributed by atoms with Crippen LogP contribution in [0.2, 0.25) is 5.02 Å². The fourth-order valence-corrected chi connectivity index (χ4v) is 6.18. The van der Waals surface area contributed by atoms with Crippen molar-refractivity contribution in [2.75, 3.05) is 0 Å². The Hall–Kier alpha value is -4.78. The van der Waals surface area contributed by atoms with Gasteiger partial charge in [-0.3, -0.25) is 0 Å². The maximum Gasteiger partial charge on any atom is 0.181 e. The van der Waals surface area contributed by atoms with Crippen LogP contribution in [0.4, 0.5) is 0 Å². The van der Waals surface area contributed by atoms with Gasteiger partial charge >= 0.3 is 0 Å². The Labute approximate surface area is 238 Å². The summed E-state index contributed by atoms with van der Waals surface area (Å²) in [6.45, 7) is 0. The van der Waals surface area contributed by atoms with E-state index in [0.717, 1.165) is 26.8 Å². The molecule has 40 heavy (non-hydrogen) atoms. The molecule has 0 aliphatic carbocycles. The summed E-state index contributed by atoms with van der Waals surface area (Å²) < 4.78 is 15.3. The molecular weight excluding hydrogens is 538 g/mol. The monoisotopic (exact) mass is 555 g/mol. The lowest BCUT2D eigenvalue weighted by molar-refractivity contribution is 0.361. The van der Waals surface area contributed by atoms with Crippen molar-refractivity contribution in [1.29, 1.82) is 0 Å². The van der Waals surface area contributed by atoms with Gasteiger partial charge in [-0.1, -0.05) is 66.2 Å². The Morgan fingerprint density at radius 1 is 0.525 bits per heavy atom. The lowest BCUT2D eigenvalue weighted by Crippen LogP contribution is -2.04. The summed E-state index contributed by atoms with van der Waals surface area (Å²) in [5.41, 5.74) is 2.44. The third kappa shape index (κ3) is 3.88. The van der Waals surface area contributed by atoms with E-state index in [2.05, 4.69) is 36.4 Å². The molecule has 0 atom stereocenters. The fourth-order valence-electron chi connectivity index (χ4n) is 4.94. The molecule has 0 saturated heterocycles. The molecule has 0 amide bonds. The molecule has 0 unspecified atom stereocenters. The van der Waals surface area contributed by atoms with Gasteiger partial charge in [0.25, 0.3) is 0 Å². The number of fused-ring (bicyclic) bond motifs is 5. The molecule has 190 valence electrons. The van der Waals surface area contributed by atoms with Gasteiger partial charge in [0.05, 0.1) is 5.56 Å². The first-order valence-electron chi connectivity index (χ1n) is 12.7. The molecule has 0 saturated carbocycles. The molecule has 3 heterocycles. The zero-order chi connectivity index (χ0) is 26.6. The van der Waals surface area contributed by atoms with E-state index < -0.39 is 0 Å². The summed E-state index contributed by atoms with van der Waals surface area (Å²) in [7, 11) is 0. The zero-order valence-electron chi connectivity index (χ0n) is 20.8. The number of hydrogen-bond acceptors (Lipinski definition) is 6. The Morgan fingerprint density at radius 2 is 1.23 bits per heavy atom. The number of ether oxygens (including phenoxy) is 2. The minimum atomic E-state index is 0.491. The van der Waals surface area contributed by atoms with Gasteiger partial charge < -0.3 is 9.47 Å². The molecule has 5 aromatic carbocycles. The van der Waals surface area contributed by atoms with Crippen LogP contribution >= 0.6 is 22.9 Å².